The third-order valence-corrected chi connectivity index (χ3v) is 3.68. The van der Waals surface area contributed by atoms with Crippen LogP contribution in [-0.4, -0.2) is 9.78 Å². The molecule has 0 fully saturated rings. The normalized spacial score (nSPS) is 11.8. The third-order valence-electron chi connectivity index (χ3n) is 2.70. The molecule has 0 aliphatic heterocycles. The lowest BCUT2D eigenvalue weighted by molar-refractivity contribution is -0.137. The molecule has 0 aliphatic rings. The van der Waals surface area contributed by atoms with Crippen molar-refractivity contribution in [3.8, 4) is 0 Å². The van der Waals surface area contributed by atoms with E-state index in [9.17, 15) is 13.2 Å². The molecule has 0 saturated heterocycles. The molecule has 7 heteroatoms. The number of hydrogen-bond acceptors (Lipinski definition) is 2. The highest BCUT2D eigenvalue weighted by Gasteiger charge is 2.29. The number of aromatic nitrogens is 2. The molecule has 0 atom stereocenters. The molecule has 1 aromatic carbocycles. The first-order chi connectivity index (χ1) is 8.79. The minimum atomic E-state index is -4.32. The third kappa shape index (κ3) is 2.91. The highest BCUT2D eigenvalue weighted by molar-refractivity contribution is 9.10. The van der Waals surface area contributed by atoms with Gasteiger partial charge in [0.25, 0.3) is 0 Å². The van der Waals surface area contributed by atoms with Crippen molar-refractivity contribution in [3.63, 3.8) is 0 Å². The van der Waals surface area contributed by atoms with E-state index in [0.717, 1.165) is 17.8 Å². The summed E-state index contributed by atoms with van der Waals surface area (Å²) in [5.41, 5.74) is 6.60. The Labute approximate surface area is 116 Å². The van der Waals surface area contributed by atoms with Crippen molar-refractivity contribution in [1.82, 2.24) is 9.78 Å². The molecule has 3 nitrogen and oxygen atoms in total. The summed E-state index contributed by atoms with van der Waals surface area (Å²) in [5, 5.41) is 4.20. The highest BCUT2D eigenvalue weighted by atomic mass is 79.9. The van der Waals surface area contributed by atoms with E-state index in [0.29, 0.717) is 22.4 Å². The van der Waals surface area contributed by atoms with Crippen LogP contribution in [0.3, 0.4) is 0 Å². The topological polar surface area (TPSA) is 43.8 Å². The summed E-state index contributed by atoms with van der Waals surface area (Å²) in [4.78, 5) is 0. The van der Waals surface area contributed by atoms with E-state index in [2.05, 4.69) is 21.0 Å². The van der Waals surface area contributed by atoms with Crippen LogP contribution in [0, 0.1) is 6.92 Å². The number of benzene rings is 1. The molecule has 1 heterocycles. The Morgan fingerprint density at radius 3 is 2.26 bits per heavy atom. The van der Waals surface area contributed by atoms with Crippen LogP contribution < -0.4 is 5.73 Å². The van der Waals surface area contributed by atoms with Crippen LogP contribution in [0.2, 0.25) is 0 Å². The fourth-order valence-corrected chi connectivity index (χ4v) is 1.95. The van der Waals surface area contributed by atoms with Crippen molar-refractivity contribution in [3.05, 3.63) is 45.6 Å². The number of nitrogens with zero attached hydrogens (tertiary/aromatic N) is 2. The number of anilines is 1. The lowest BCUT2D eigenvalue weighted by atomic mass is 10.1. The number of aryl methyl sites for hydroxylation is 1. The summed E-state index contributed by atoms with van der Waals surface area (Å²) in [7, 11) is 0. The van der Waals surface area contributed by atoms with E-state index >= 15 is 0 Å². The first kappa shape index (κ1) is 13.9. The second-order valence-corrected chi connectivity index (χ2v) is 4.93. The summed E-state index contributed by atoms with van der Waals surface area (Å²) in [6.07, 6.45) is -4.32. The zero-order chi connectivity index (χ0) is 14.2. The predicted octanol–water partition coefficient (Wildman–Crippen LogP) is 3.60. The number of rotatable bonds is 2. The van der Waals surface area contributed by atoms with Gasteiger partial charge < -0.3 is 5.73 Å². The maximum atomic E-state index is 12.4. The maximum Gasteiger partial charge on any atom is 0.416 e. The van der Waals surface area contributed by atoms with Crippen molar-refractivity contribution in [2.75, 3.05) is 5.73 Å². The minimum absolute atomic E-state index is 0.330. The van der Waals surface area contributed by atoms with Gasteiger partial charge in [0.1, 0.15) is 5.82 Å². The van der Waals surface area contributed by atoms with Crippen LogP contribution in [-0.2, 0) is 12.7 Å². The number of alkyl halides is 3. The van der Waals surface area contributed by atoms with Crippen molar-refractivity contribution >= 4 is 21.7 Å². The van der Waals surface area contributed by atoms with E-state index in [1.807, 2.05) is 0 Å². The van der Waals surface area contributed by atoms with Gasteiger partial charge in [-0.2, -0.15) is 18.3 Å². The van der Waals surface area contributed by atoms with Crippen LogP contribution in [0.25, 0.3) is 0 Å². The Morgan fingerprint density at radius 2 is 1.84 bits per heavy atom. The van der Waals surface area contributed by atoms with E-state index in [4.69, 9.17) is 5.73 Å². The van der Waals surface area contributed by atoms with E-state index < -0.39 is 11.7 Å². The number of nitrogens with two attached hydrogens (primary N) is 1. The van der Waals surface area contributed by atoms with Gasteiger partial charge in [-0.3, -0.25) is 0 Å². The quantitative estimate of drug-likeness (QED) is 0.912. The van der Waals surface area contributed by atoms with Crippen LogP contribution in [0.15, 0.2) is 28.7 Å². The molecule has 19 heavy (non-hydrogen) atoms. The lowest BCUT2D eigenvalue weighted by Gasteiger charge is -2.08. The molecule has 102 valence electrons. The van der Waals surface area contributed by atoms with Crippen molar-refractivity contribution in [2.45, 2.75) is 19.6 Å². The molecule has 2 aromatic rings. The van der Waals surface area contributed by atoms with Crippen molar-refractivity contribution < 1.29 is 13.2 Å². The fraction of sp³-hybridized carbons (Fsp3) is 0.250. The molecule has 0 saturated carbocycles. The van der Waals surface area contributed by atoms with Crippen LogP contribution in [0.1, 0.15) is 16.8 Å². The van der Waals surface area contributed by atoms with Gasteiger partial charge in [0.15, 0.2) is 0 Å². The maximum absolute atomic E-state index is 12.4. The van der Waals surface area contributed by atoms with Gasteiger partial charge in [-0.1, -0.05) is 12.1 Å². The lowest BCUT2D eigenvalue weighted by Crippen LogP contribution is -2.08. The Balaban J connectivity index is 2.22. The monoisotopic (exact) mass is 333 g/mol. The summed E-state index contributed by atoms with van der Waals surface area (Å²) >= 11 is 3.29. The zero-order valence-corrected chi connectivity index (χ0v) is 11.6. The number of halogens is 4. The smallest absolute Gasteiger partial charge is 0.383 e. The summed E-state index contributed by atoms with van der Waals surface area (Å²) < 4.78 is 39.5. The molecule has 0 amide bonds. The molecular formula is C12H11BrF3N3. The molecule has 0 unspecified atom stereocenters. The zero-order valence-electron chi connectivity index (χ0n) is 10.0. The van der Waals surface area contributed by atoms with Crippen molar-refractivity contribution in [2.24, 2.45) is 0 Å². The number of hydrogen-bond donors (Lipinski definition) is 1. The van der Waals surface area contributed by atoms with Gasteiger partial charge in [-0.25, -0.2) is 4.68 Å². The second kappa shape index (κ2) is 4.88. The minimum Gasteiger partial charge on any atom is -0.383 e. The standard InChI is InChI=1S/C12H11BrF3N3/c1-7-10(13)11(17)19(18-7)6-8-2-4-9(5-3-8)12(14,15)16/h2-5H,6,17H2,1H3. The molecule has 0 bridgehead atoms. The van der Waals surface area contributed by atoms with Crippen LogP contribution in [0.5, 0.6) is 0 Å². The Hall–Kier alpha value is -1.50. The highest BCUT2D eigenvalue weighted by Crippen LogP contribution is 2.29. The largest absolute Gasteiger partial charge is 0.416 e. The average molecular weight is 334 g/mol. The average Bonchev–Trinajstić information content (AvgIpc) is 2.57. The predicted molar refractivity (Wildman–Crippen MR) is 69.6 cm³/mol. The second-order valence-electron chi connectivity index (χ2n) is 4.14. The molecule has 1 aromatic heterocycles. The summed E-state index contributed by atoms with van der Waals surface area (Å²) in [6, 6.07) is 4.95. The molecule has 2 rings (SSSR count). The Bertz CT molecular complexity index is 588. The first-order valence-electron chi connectivity index (χ1n) is 5.43. The van der Waals surface area contributed by atoms with Crippen LogP contribution >= 0.6 is 15.9 Å². The van der Waals surface area contributed by atoms with Gasteiger partial charge in [0.2, 0.25) is 0 Å². The van der Waals surface area contributed by atoms with E-state index in [-0.39, 0.29) is 0 Å². The molecule has 2 N–H and O–H groups in total. The molecule has 0 aliphatic carbocycles. The first-order valence-corrected chi connectivity index (χ1v) is 6.23. The molecule has 0 radical (unpaired) electrons. The number of nitrogen functional groups attached to an aromatic ring is 1. The summed E-state index contributed by atoms with van der Waals surface area (Å²) in [6.45, 7) is 2.13. The summed E-state index contributed by atoms with van der Waals surface area (Å²) in [5.74, 6) is 0.456. The van der Waals surface area contributed by atoms with Gasteiger partial charge in [0, 0.05) is 0 Å². The SMILES string of the molecule is Cc1nn(Cc2ccc(C(F)(F)F)cc2)c(N)c1Br. The molecule has 0 spiro atoms. The van der Waals surface area contributed by atoms with E-state index in [1.54, 1.807) is 11.6 Å². The van der Waals surface area contributed by atoms with Crippen LogP contribution in [0.4, 0.5) is 19.0 Å². The van der Waals surface area contributed by atoms with Gasteiger partial charge >= 0.3 is 6.18 Å². The fourth-order valence-electron chi connectivity index (χ4n) is 1.67. The van der Waals surface area contributed by atoms with Crippen molar-refractivity contribution in [1.29, 1.82) is 0 Å². The van der Waals surface area contributed by atoms with E-state index in [1.165, 1.54) is 12.1 Å². The Morgan fingerprint density at radius 1 is 1.26 bits per heavy atom. The van der Waals surface area contributed by atoms with Gasteiger partial charge in [-0.05, 0) is 40.5 Å². The van der Waals surface area contributed by atoms with Gasteiger partial charge in [0.05, 0.1) is 22.3 Å². The molecular weight excluding hydrogens is 323 g/mol. The van der Waals surface area contributed by atoms with Gasteiger partial charge in [-0.15, -0.1) is 0 Å². The Kier molecular flexibility index (Phi) is 3.58.